The summed E-state index contributed by atoms with van der Waals surface area (Å²) in [6.45, 7) is 0.0701. The van der Waals surface area contributed by atoms with Crippen molar-refractivity contribution in [2.45, 2.75) is 12.6 Å². The fraction of sp³-hybridized carbons (Fsp3) is 0.538. The van der Waals surface area contributed by atoms with Crippen molar-refractivity contribution in [1.82, 2.24) is 4.90 Å². The number of ether oxygens (including phenoxy) is 1. The van der Waals surface area contributed by atoms with Crippen molar-refractivity contribution in [1.29, 1.82) is 0 Å². The van der Waals surface area contributed by atoms with Crippen LogP contribution in [0.15, 0.2) is 24.3 Å². The Morgan fingerprint density at radius 1 is 1.32 bits per heavy atom. The van der Waals surface area contributed by atoms with Crippen molar-refractivity contribution < 1.29 is 17.9 Å². The molecule has 1 aromatic rings. The van der Waals surface area contributed by atoms with Crippen molar-refractivity contribution in [3.05, 3.63) is 29.8 Å². The molecule has 1 aromatic carbocycles. The van der Waals surface area contributed by atoms with E-state index in [2.05, 4.69) is 0 Å². The normalized spacial score (nSPS) is 11.9. The van der Waals surface area contributed by atoms with Crippen LogP contribution in [0.3, 0.4) is 0 Å². The Hall–Kier alpha value is -1.27. The number of rotatable bonds is 7. The number of nitrogens with two attached hydrogens (primary N) is 1. The van der Waals surface area contributed by atoms with E-state index >= 15 is 0 Å². The predicted octanol–water partition coefficient (Wildman–Crippen LogP) is 2.06. The number of benzene rings is 1. The second-order valence-electron chi connectivity index (χ2n) is 4.39. The monoisotopic (exact) mass is 276 g/mol. The molecule has 0 aromatic heterocycles. The highest BCUT2D eigenvalue weighted by molar-refractivity contribution is 5.28. The van der Waals surface area contributed by atoms with Crippen molar-refractivity contribution in [2.75, 3.05) is 33.3 Å². The molecule has 6 heteroatoms. The molecule has 19 heavy (non-hydrogen) atoms. The molecule has 2 N–H and O–H groups in total. The van der Waals surface area contributed by atoms with Gasteiger partial charge in [0.05, 0.1) is 6.54 Å². The highest BCUT2D eigenvalue weighted by Crippen LogP contribution is 2.16. The van der Waals surface area contributed by atoms with Crippen LogP contribution >= 0.6 is 0 Å². The summed E-state index contributed by atoms with van der Waals surface area (Å²) in [4.78, 5) is 1.18. The average Bonchev–Trinajstić information content (AvgIpc) is 2.27. The standard InChI is InChI=1S/C13H19F3N2O/c1-18(10-13(14,15)16)7-8-19-12-4-2-3-11(9-12)5-6-17/h2-4,9H,5-8,10,17H2,1H3. The van der Waals surface area contributed by atoms with Gasteiger partial charge in [-0.05, 0) is 37.7 Å². The molecule has 0 bridgehead atoms. The summed E-state index contributed by atoms with van der Waals surface area (Å²) in [5, 5.41) is 0. The van der Waals surface area contributed by atoms with Gasteiger partial charge in [0.1, 0.15) is 12.4 Å². The van der Waals surface area contributed by atoms with E-state index in [-0.39, 0.29) is 13.2 Å². The van der Waals surface area contributed by atoms with Gasteiger partial charge in [0, 0.05) is 6.54 Å². The van der Waals surface area contributed by atoms with Gasteiger partial charge in [-0.15, -0.1) is 0 Å². The minimum Gasteiger partial charge on any atom is -0.492 e. The molecule has 0 spiro atoms. The van der Waals surface area contributed by atoms with Crippen LogP contribution in [0.4, 0.5) is 13.2 Å². The Labute approximate surface area is 111 Å². The zero-order valence-corrected chi connectivity index (χ0v) is 10.9. The van der Waals surface area contributed by atoms with Gasteiger partial charge in [-0.3, -0.25) is 4.90 Å². The fourth-order valence-corrected chi connectivity index (χ4v) is 1.66. The zero-order valence-electron chi connectivity index (χ0n) is 10.9. The number of alkyl halides is 3. The lowest BCUT2D eigenvalue weighted by atomic mass is 10.1. The molecule has 0 amide bonds. The highest BCUT2D eigenvalue weighted by Gasteiger charge is 2.28. The molecule has 0 aliphatic heterocycles. The third-order valence-electron chi connectivity index (χ3n) is 2.52. The van der Waals surface area contributed by atoms with Crippen molar-refractivity contribution in [3.63, 3.8) is 0 Å². The van der Waals surface area contributed by atoms with Crippen LogP contribution in [0.2, 0.25) is 0 Å². The van der Waals surface area contributed by atoms with E-state index in [0.717, 1.165) is 12.0 Å². The number of nitrogens with zero attached hydrogens (tertiary/aromatic N) is 1. The van der Waals surface area contributed by atoms with E-state index in [4.69, 9.17) is 10.5 Å². The lowest BCUT2D eigenvalue weighted by Crippen LogP contribution is -2.33. The molecule has 0 saturated heterocycles. The smallest absolute Gasteiger partial charge is 0.401 e. The van der Waals surface area contributed by atoms with Crippen molar-refractivity contribution in [3.8, 4) is 5.75 Å². The summed E-state index contributed by atoms with van der Waals surface area (Å²) in [6.07, 6.45) is -3.42. The van der Waals surface area contributed by atoms with Crippen LogP contribution in [0.1, 0.15) is 5.56 Å². The molecule has 0 atom stereocenters. The Kier molecular flexibility index (Phi) is 6.11. The number of hydrogen-bond donors (Lipinski definition) is 1. The van der Waals surface area contributed by atoms with E-state index < -0.39 is 12.7 Å². The molecule has 3 nitrogen and oxygen atoms in total. The molecular weight excluding hydrogens is 257 g/mol. The SMILES string of the molecule is CN(CCOc1cccc(CCN)c1)CC(F)(F)F. The topological polar surface area (TPSA) is 38.5 Å². The first-order valence-electron chi connectivity index (χ1n) is 6.08. The fourth-order valence-electron chi connectivity index (χ4n) is 1.66. The van der Waals surface area contributed by atoms with Crippen LogP contribution in [0.5, 0.6) is 5.75 Å². The summed E-state index contributed by atoms with van der Waals surface area (Å²) in [6, 6.07) is 7.43. The zero-order chi connectivity index (χ0) is 14.3. The molecule has 0 saturated carbocycles. The van der Waals surface area contributed by atoms with Gasteiger partial charge < -0.3 is 10.5 Å². The maximum atomic E-state index is 12.1. The summed E-state index contributed by atoms with van der Waals surface area (Å²) >= 11 is 0. The Bertz CT molecular complexity index is 382. The van der Waals surface area contributed by atoms with E-state index in [0.29, 0.717) is 12.3 Å². The molecule has 0 heterocycles. The van der Waals surface area contributed by atoms with Crippen LogP contribution in [0, 0.1) is 0 Å². The van der Waals surface area contributed by atoms with Gasteiger partial charge in [0.15, 0.2) is 0 Å². The van der Waals surface area contributed by atoms with Gasteiger partial charge in [-0.2, -0.15) is 13.2 Å². The van der Waals surface area contributed by atoms with Crippen LogP contribution in [-0.4, -0.2) is 44.4 Å². The van der Waals surface area contributed by atoms with Gasteiger partial charge in [-0.25, -0.2) is 0 Å². The number of hydrogen-bond acceptors (Lipinski definition) is 3. The first-order chi connectivity index (χ1) is 8.90. The first kappa shape index (κ1) is 15.8. The predicted molar refractivity (Wildman–Crippen MR) is 68.2 cm³/mol. The maximum Gasteiger partial charge on any atom is 0.401 e. The number of likely N-dealkylation sites (N-methyl/N-ethyl adjacent to an activating group) is 1. The maximum absolute atomic E-state index is 12.1. The second-order valence-corrected chi connectivity index (χ2v) is 4.39. The van der Waals surface area contributed by atoms with Gasteiger partial charge in [-0.1, -0.05) is 12.1 Å². The minimum absolute atomic E-state index is 0.221. The number of halogens is 3. The van der Waals surface area contributed by atoms with Gasteiger partial charge in [0.2, 0.25) is 0 Å². The molecule has 108 valence electrons. The summed E-state index contributed by atoms with van der Waals surface area (Å²) in [5.41, 5.74) is 6.51. The van der Waals surface area contributed by atoms with Gasteiger partial charge >= 0.3 is 6.18 Å². The summed E-state index contributed by atoms with van der Waals surface area (Å²) in [7, 11) is 1.42. The van der Waals surface area contributed by atoms with Crippen LogP contribution in [0.25, 0.3) is 0 Å². The molecule has 0 aliphatic carbocycles. The third kappa shape index (κ3) is 7.03. The van der Waals surface area contributed by atoms with E-state index in [1.165, 1.54) is 11.9 Å². The molecule has 0 aliphatic rings. The van der Waals surface area contributed by atoms with Crippen LogP contribution < -0.4 is 10.5 Å². The minimum atomic E-state index is -4.17. The summed E-state index contributed by atoms with van der Waals surface area (Å²) in [5.74, 6) is 0.659. The lowest BCUT2D eigenvalue weighted by Gasteiger charge is -2.18. The van der Waals surface area contributed by atoms with Gasteiger partial charge in [0.25, 0.3) is 0 Å². The van der Waals surface area contributed by atoms with Crippen molar-refractivity contribution >= 4 is 0 Å². The highest BCUT2D eigenvalue weighted by atomic mass is 19.4. The van der Waals surface area contributed by atoms with E-state index in [9.17, 15) is 13.2 Å². The molecule has 0 fully saturated rings. The molecular formula is C13H19F3N2O. The van der Waals surface area contributed by atoms with E-state index in [1.54, 1.807) is 6.07 Å². The first-order valence-corrected chi connectivity index (χ1v) is 6.08. The Balaban J connectivity index is 2.34. The second kappa shape index (κ2) is 7.35. The molecule has 0 radical (unpaired) electrons. The average molecular weight is 276 g/mol. The van der Waals surface area contributed by atoms with E-state index in [1.807, 2.05) is 18.2 Å². The van der Waals surface area contributed by atoms with Crippen molar-refractivity contribution in [2.24, 2.45) is 5.73 Å². The quantitative estimate of drug-likeness (QED) is 0.828. The Morgan fingerprint density at radius 3 is 2.68 bits per heavy atom. The lowest BCUT2D eigenvalue weighted by molar-refractivity contribution is -0.143. The third-order valence-corrected chi connectivity index (χ3v) is 2.52. The Morgan fingerprint density at radius 2 is 2.05 bits per heavy atom. The molecule has 0 unspecified atom stereocenters. The largest absolute Gasteiger partial charge is 0.492 e. The molecule has 1 rings (SSSR count). The summed E-state index contributed by atoms with van der Waals surface area (Å²) < 4.78 is 41.7. The van der Waals surface area contributed by atoms with Crippen LogP contribution in [-0.2, 0) is 6.42 Å².